The number of nitrogens with one attached hydrogen (secondary N) is 1. The lowest BCUT2D eigenvalue weighted by Gasteiger charge is -2.28. The van der Waals surface area contributed by atoms with Crippen LogP contribution in [0.5, 0.6) is 11.8 Å². The fraction of sp³-hybridized carbons (Fsp3) is 0.391. The Bertz CT molecular complexity index is 1310. The maximum atomic E-state index is 13.4. The van der Waals surface area contributed by atoms with Gasteiger partial charge in [0.2, 0.25) is 5.95 Å². The van der Waals surface area contributed by atoms with Crippen LogP contribution in [0.4, 0.5) is 5.95 Å². The fourth-order valence-electron chi connectivity index (χ4n) is 3.71. The first-order valence-electron chi connectivity index (χ1n) is 10.7. The largest absolute Gasteiger partial charge is 0.425 e. The molecule has 4 rings (SSSR count). The number of rotatable bonds is 5. The van der Waals surface area contributed by atoms with Crippen molar-refractivity contribution in [2.24, 2.45) is 7.05 Å². The number of carbonyl (C=O) groups is 1. The number of ether oxygens (including phenoxy) is 1. The molecule has 1 amide bonds. The molecule has 0 saturated carbocycles. The highest BCUT2D eigenvalue weighted by atomic mass is 16.5. The van der Waals surface area contributed by atoms with Crippen LogP contribution in [0, 0.1) is 11.8 Å². The molecule has 2 aromatic heterocycles. The van der Waals surface area contributed by atoms with Crippen molar-refractivity contribution in [3.05, 3.63) is 40.2 Å². The second-order valence-electron chi connectivity index (χ2n) is 7.89. The van der Waals surface area contributed by atoms with Gasteiger partial charge in [-0.2, -0.15) is 9.97 Å². The van der Waals surface area contributed by atoms with Crippen molar-refractivity contribution >= 4 is 23.0 Å². The molecule has 3 aromatic rings. The van der Waals surface area contributed by atoms with Crippen molar-refractivity contribution in [1.29, 1.82) is 0 Å². The Kier molecular flexibility index (Phi) is 6.33. The average molecular weight is 450 g/mol. The number of anilines is 1. The zero-order chi connectivity index (χ0) is 23.5. The third kappa shape index (κ3) is 4.27. The number of amides is 1. The highest BCUT2D eigenvalue weighted by Crippen LogP contribution is 2.26. The highest BCUT2D eigenvalue weighted by Gasteiger charge is 2.24. The number of hydrogen-bond donors (Lipinski definition) is 1. The van der Waals surface area contributed by atoms with Crippen molar-refractivity contribution < 1.29 is 9.53 Å². The zero-order valence-corrected chi connectivity index (χ0v) is 19.3. The van der Waals surface area contributed by atoms with E-state index in [4.69, 9.17) is 9.72 Å². The third-order valence-electron chi connectivity index (χ3n) is 5.46. The van der Waals surface area contributed by atoms with E-state index < -0.39 is 0 Å². The topological polar surface area (TPSA) is 97.5 Å². The molecular formula is C23H27N7O3. The van der Waals surface area contributed by atoms with E-state index >= 15 is 0 Å². The van der Waals surface area contributed by atoms with Crippen LogP contribution in [-0.4, -0.2) is 70.2 Å². The van der Waals surface area contributed by atoms with Crippen LogP contribution in [0.2, 0.25) is 0 Å². The van der Waals surface area contributed by atoms with Gasteiger partial charge in [-0.3, -0.25) is 18.7 Å². The Labute approximate surface area is 191 Å². The Balaban J connectivity index is 1.83. The summed E-state index contributed by atoms with van der Waals surface area (Å²) in [6.07, 6.45) is 0. The molecule has 10 nitrogen and oxygen atoms in total. The zero-order valence-electron chi connectivity index (χ0n) is 19.3. The van der Waals surface area contributed by atoms with Gasteiger partial charge in [0.25, 0.3) is 11.5 Å². The van der Waals surface area contributed by atoms with Gasteiger partial charge in [0.05, 0.1) is 12.1 Å². The lowest BCUT2D eigenvalue weighted by Crippen LogP contribution is -2.44. The Morgan fingerprint density at radius 1 is 1.21 bits per heavy atom. The fourth-order valence-corrected chi connectivity index (χ4v) is 3.71. The minimum atomic E-state index is -0.293. The van der Waals surface area contributed by atoms with Crippen LogP contribution in [0.1, 0.15) is 17.3 Å². The van der Waals surface area contributed by atoms with Crippen LogP contribution in [0.25, 0.3) is 11.2 Å². The minimum absolute atomic E-state index is 0.0598. The molecule has 1 fully saturated rings. The molecular weight excluding hydrogens is 422 g/mol. The van der Waals surface area contributed by atoms with Crippen molar-refractivity contribution in [3.8, 4) is 23.6 Å². The van der Waals surface area contributed by atoms with Gasteiger partial charge in [-0.15, -0.1) is 5.92 Å². The van der Waals surface area contributed by atoms with Crippen molar-refractivity contribution in [2.45, 2.75) is 13.5 Å². The summed E-state index contributed by atoms with van der Waals surface area (Å²) < 4.78 is 9.13. The number of aromatic nitrogens is 4. The number of benzene rings is 1. The summed E-state index contributed by atoms with van der Waals surface area (Å²) in [6.45, 7) is 5.30. The monoisotopic (exact) mass is 449 g/mol. The van der Waals surface area contributed by atoms with Gasteiger partial charge in [-0.1, -0.05) is 18.1 Å². The van der Waals surface area contributed by atoms with E-state index in [0.29, 0.717) is 29.3 Å². The molecule has 1 aromatic carbocycles. The van der Waals surface area contributed by atoms with Gasteiger partial charge >= 0.3 is 6.01 Å². The molecule has 0 unspecified atom stereocenters. The smallest absolute Gasteiger partial charge is 0.306 e. The van der Waals surface area contributed by atoms with Crippen molar-refractivity contribution in [1.82, 2.24) is 29.3 Å². The van der Waals surface area contributed by atoms with E-state index in [1.165, 1.54) is 9.47 Å². The van der Waals surface area contributed by atoms with E-state index in [1.54, 1.807) is 52.3 Å². The maximum absolute atomic E-state index is 13.4. The number of carbonyl (C=O) groups excluding carboxylic acids is 1. The van der Waals surface area contributed by atoms with Gasteiger partial charge in [-0.25, -0.2) is 0 Å². The molecule has 172 valence electrons. The Morgan fingerprint density at radius 3 is 2.64 bits per heavy atom. The molecule has 33 heavy (non-hydrogen) atoms. The molecule has 0 bridgehead atoms. The second-order valence-corrected chi connectivity index (χ2v) is 7.89. The van der Waals surface area contributed by atoms with Crippen molar-refractivity contribution in [3.63, 3.8) is 0 Å². The maximum Gasteiger partial charge on any atom is 0.306 e. The standard InChI is InChI=1S/C23H27N7O3/c1-5-6-13-30-18-19(25-22(30)29-14-11-24-12-15-29)26-23(28(4)21(18)32)33-17-10-8-7-9-16(17)20(31)27(2)3/h7-10,24H,11-15H2,1-4H3. The number of imidazole rings is 1. The molecule has 0 aliphatic carbocycles. The molecule has 1 saturated heterocycles. The summed E-state index contributed by atoms with van der Waals surface area (Å²) in [5, 5.41) is 3.32. The summed E-state index contributed by atoms with van der Waals surface area (Å²) in [4.78, 5) is 38.8. The normalized spacial score (nSPS) is 13.5. The first-order valence-corrected chi connectivity index (χ1v) is 10.7. The summed E-state index contributed by atoms with van der Waals surface area (Å²) in [7, 11) is 4.93. The van der Waals surface area contributed by atoms with Crippen LogP contribution in [0.15, 0.2) is 29.1 Å². The summed E-state index contributed by atoms with van der Waals surface area (Å²) in [5.74, 6) is 6.69. The predicted octanol–water partition coefficient (Wildman–Crippen LogP) is 1.06. The lowest BCUT2D eigenvalue weighted by atomic mass is 10.2. The van der Waals surface area contributed by atoms with E-state index in [0.717, 1.165) is 26.2 Å². The van der Waals surface area contributed by atoms with Gasteiger partial charge in [-0.05, 0) is 19.1 Å². The molecule has 1 aliphatic heterocycles. The summed E-state index contributed by atoms with van der Waals surface area (Å²) in [6, 6.07) is 6.93. The van der Waals surface area contributed by atoms with E-state index in [1.807, 2.05) is 4.57 Å². The number of piperazine rings is 1. The van der Waals surface area contributed by atoms with E-state index in [2.05, 4.69) is 27.0 Å². The van der Waals surface area contributed by atoms with Crippen molar-refractivity contribution in [2.75, 3.05) is 45.2 Å². The lowest BCUT2D eigenvalue weighted by molar-refractivity contribution is 0.0825. The second kappa shape index (κ2) is 9.34. The van der Waals surface area contributed by atoms with Crippen LogP contribution in [0.3, 0.4) is 0 Å². The first kappa shape index (κ1) is 22.4. The molecule has 3 heterocycles. The molecule has 0 spiro atoms. The van der Waals surface area contributed by atoms with Gasteiger partial charge < -0.3 is 19.9 Å². The number of fused-ring (bicyclic) bond motifs is 1. The quantitative estimate of drug-likeness (QED) is 0.582. The van der Waals surface area contributed by atoms with Crippen LogP contribution >= 0.6 is 0 Å². The van der Waals surface area contributed by atoms with E-state index in [-0.39, 0.29) is 23.1 Å². The Morgan fingerprint density at radius 2 is 1.94 bits per heavy atom. The molecule has 10 heteroatoms. The number of para-hydroxylation sites is 1. The Hall–Kier alpha value is -3.84. The van der Waals surface area contributed by atoms with Gasteiger partial charge in [0.15, 0.2) is 11.2 Å². The van der Waals surface area contributed by atoms with Gasteiger partial charge in [0.1, 0.15) is 5.75 Å². The summed E-state index contributed by atoms with van der Waals surface area (Å²) in [5.41, 5.74) is 0.745. The summed E-state index contributed by atoms with van der Waals surface area (Å²) >= 11 is 0. The van der Waals surface area contributed by atoms with Crippen LogP contribution < -0.4 is 20.5 Å². The molecule has 0 atom stereocenters. The highest BCUT2D eigenvalue weighted by molar-refractivity contribution is 5.96. The predicted molar refractivity (Wildman–Crippen MR) is 126 cm³/mol. The third-order valence-corrected chi connectivity index (χ3v) is 5.46. The molecule has 1 aliphatic rings. The minimum Gasteiger partial charge on any atom is -0.425 e. The number of nitrogens with zero attached hydrogens (tertiary/aromatic N) is 6. The molecule has 1 N–H and O–H groups in total. The van der Waals surface area contributed by atoms with E-state index in [9.17, 15) is 9.59 Å². The SMILES string of the molecule is CC#CCn1c(N2CCNCC2)nc2nc(Oc3ccccc3C(=O)N(C)C)n(C)c(=O)c21. The van der Waals surface area contributed by atoms with Crippen LogP contribution in [-0.2, 0) is 13.6 Å². The average Bonchev–Trinajstić information content (AvgIpc) is 3.19. The number of hydrogen-bond acceptors (Lipinski definition) is 7. The van der Waals surface area contributed by atoms with Gasteiger partial charge in [0, 0.05) is 47.3 Å². The molecule has 0 radical (unpaired) electrons. The first-order chi connectivity index (χ1) is 15.9.